The molecule has 0 aromatic heterocycles. The van der Waals surface area contributed by atoms with Crippen molar-refractivity contribution in [1.29, 1.82) is 0 Å². The molecule has 0 aliphatic carbocycles. The quantitative estimate of drug-likeness (QED) is 0.176. The van der Waals surface area contributed by atoms with Crippen molar-refractivity contribution < 1.29 is 14.7 Å². The molecule has 0 aromatic carbocycles. The fourth-order valence-electron chi connectivity index (χ4n) is 3.06. The molecular weight excluding hydrogens is 348 g/mol. The Kier molecular flexibility index (Phi) is 26.9. The molecule has 0 rings (SSSR count). The van der Waals surface area contributed by atoms with E-state index in [1.807, 2.05) is 6.08 Å². The molecule has 0 saturated carbocycles. The van der Waals surface area contributed by atoms with Crippen molar-refractivity contribution in [3.05, 3.63) is 12.2 Å². The van der Waals surface area contributed by atoms with Gasteiger partial charge in [-0.15, -0.1) is 0 Å². The molecule has 0 heterocycles. The Morgan fingerprint density at radius 3 is 1.43 bits per heavy atom. The Labute approximate surface area is 175 Å². The van der Waals surface area contributed by atoms with Crippen molar-refractivity contribution in [3.8, 4) is 0 Å². The van der Waals surface area contributed by atoms with Gasteiger partial charge in [0.2, 0.25) is 0 Å². The van der Waals surface area contributed by atoms with Gasteiger partial charge in [-0.1, -0.05) is 110 Å². The number of carbonyl (C=O) groups excluding carboxylic acids is 1. The van der Waals surface area contributed by atoms with Crippen LogP contribution in [0.5, 0.6) is 0 Å². The molecule has 0 bridgehead atoms. The Morgan fingerprint density at radius 2 is 1.04 bits per heavy atom. The number of hydrogen-bond acceptors (Lipinski definition) is 2. The Morgan fingerprint density at radius 1 is 0.643 bits per heavy atom. The summed E-state index contributed by atoms with van der Waals surface area (Å²) >= 11 is 0. The Hall–Kier alpha value is -1.12. The lowest BCUT2D eigenvalue weighted by Crippen LogP contribution is -1.93. The predicted molar refractivity (Wildman–Crippen MR) is 122 cm³/mol. The van der Waals surface area contributed by atoms with E-state index in [9.17, 15) is 9.59 Å². The van der Waals surface area contributed by atoms with Crippen LogP contribution < -0.4 is 0 Å². The van der Waals surface area contributed by atoms with Crippen LogP contribution in [0.3, 0.4) is 0 Å². The maximum absolute atomic E-state index is 10.4. The molecule has 0 saturated heterocycles. The molecule has 0 aliphatic heterocycles. The summed E-state index contributed by atoms with van der Waals surface area (Å²) in [6, 6.07) is 0. The van der Waals surface area contributed by atoms with Gasteiger partial charge in [0, 0.05) is 6.42 Å². The number of carboxylic acids is 1. The number of carbonyl (C=O) groups is 2. The van der Waals surface area contributed by atoms with E-state index in [0.717, 1.165) is 19.3 Å². The molecule has 0 amide bonds. The van der Waals surface area contributed by atoms with Crippen molar-refractivity contribution in [2.24, 2.45) is 0 Å². The van der Waals surface area contributed by atoms with Crippen molar-refractivity contribution in [2.75, 3.05) is 0 Å². The summed E-state index contributed by atoms with van der Waals surface area (Å²) in [5.41, 5.74) is 0. The van der Waals surface area contributed by atoms with Crippen molar-refractivity contribution in [1.82, 2.24) is 0 Å². The third kappa shape index (κ3) is 32.5. The van der Waals surface area contributed by atoms with Crippen LogP contribution in [0.25, 0.3) is 0 Å². The number of allylic oxidation sites excluding steroid dienone is 2. The van der Waals surface area contributed by atoms with E-state index < -0.39 is 5.97 Å². The highest BCUT2D eigenvalue weighted by molar-refractivity contribution is 5.87. The van der Waals surface area contributed by atoms with Crippen LogP contribution in [-0.2, 0) is 9.59 Å². The van der Waals surface area contributed by atoms with E-state index in [1.54, 1.807) is 13.0 Å². The Balaban J connectivity index is 0. The second kappa shape index (κ2) is 25.9. The third-order valence-corrected chi connectivity index (χ3v) is 4.82. The molecule has 0 unspecified atom stereocenters. The smallest absolute Gasteiger partial charge is 0.303 e. The summed E-state index contributed by atoms with van der Waals surface area (Å²) in [7, 11) is 0. The summed E-state index contributed by atoms with van der Waals surface area (Å²) < 4.78 is 0. The highest BCUT2D eigenvalue weighted by Gasteiger charge is 1.96. The van der Waals surface area contributed by atoms with Gasteiger partial charge in [0.1, 0.15) is 0 Å². The predicted octanol–water partition coefficient (Wildman–Crippen LogP) is 8.26. The van der Waals surface area contributed by atoms with Gasteiger partial charge >= 0.3 is 5.97 Å². The van der Waals surface area contributed by atoms with Crippen molar-refractivity contribution >= 4 is 11.8 Å². The van der Waals surface area contributed by atoms with Crippen LogP contribution in [-0.4, -0.2) is 16.9 Å². The van der Waals surface area contributed by atoms with Crippen LogP contribution in [0.4, 0.5) is 0 Å². The number of rotatable bonds is 19. The minimum atomic E-state index is -0.655. The largest absolute Gasteiger partial charge is 0.481 e. The lowest BCUT2D eigenvalue weighted by atomic mass is 10.0. The Bertz CT molecular complexity index is 361. The zero-order valence-corrected chi connectivity index (χ0v) is 19.1. The molecule has 3 nitrogen and oxygen atoms in total. The van der Waals surface area contributed by atoms with Gasteiger partial charge < -0.3 is 5.11 Å². The van der Waals surface area contributed by atoms with E-state index >= 15 is 0 Å². The average molecular weight is 397 g/mol. The summed E-state index contributed by atoms with van der Waals surface area (Å²) in [5, 5.41) is 8.49. The van der Waals surface area contributed by atoms with E-state index in [0.29, 0.717) is 6.42 Å². The zero-order valence-electron chi connectivity index (χ0n) is 19.1. The molecule has 3 heteroatoms. The van der Waals surface area contributed by atoms with E-state index in [1.165, 1.54) is 89.9 Å². The minimum Gasteiger partial charge on any atom is -0.481 e. The topological polar surface area (TPSA) is 54.4 Å². The zero-order chi connectivity index (χ0) is 21.3. The second-order valence-electron chi connectivity index (χ2n) is 7.90. The maximum Gasteiger partial charge on any atom is 0.303 e. The van der Waals surface area contributed by atoms with Crippen LogP contribution >= 0.6 is 0 Å². The van der Waals surface area contributed by atoms with Crippen molar-refractivity contribution in [3.63, 3.8) is 0 Å². The number of carboxylic acid groups (broad SMARTS) is 1. The van der Waals surface area contributed by atoms with Gasteiger partial charge in [-0.3, -0.25) is 9.59 Å². The van der Waals surface area contributed by atoms with Gasteiger partial charge in [0.05, 0.1) is 0 Å². The summed E-state index contributed by atoms with van der Waals surface area (Å²) in [6.07, 6.45) is 25.6. The first-order valence-corrected chi connectivity index (χ1v) is 11.9. The van der Waals surface area contributed by atoms with Gasteiger partial charge in [0.25, 0.3) is 0 Å². The van der Waals surface area contributed by atoms with Crippen LogP contribution in [0, 0.1) is 0 Å². The standard InChI is InChI=1S/C16H32O2.C9H16O/c1-2-3-4-5-6-7-8-9-10-11-12-13-14-15-16(17)18;1-3-4-5-6-7-8-9(2)10/h2-15H2,1H3,(H,17,18);7-8H,3-6H2,1-2H3. The summed E-state index contributed by atoms with van der Waals surface area (Å²) in [5.74, 6) is -0.505. The molecule has 0 spiro atoms. The average Bonchev–Trinajstić information content (AvgIpc) is 2.65. The summed E-state index contributed by atoms with van der Waals surface area (Å²) in [6.45, 7) is 6.02. The monoisotopic (exact) mass is 396 g/mol. The third-order valence-electron chi connectivity index (χ3n) is 4.82. The molecule has 1 N–H and O–H groups in total. The molecule has 0 aliphatic rings. The first-order valence-electron chi connectivity index (χ1n) is 11.9. The fourth-order valence-corrected chi connectivity index (χ4v) is 3.06. The van der Waals surface area contributed by atoms with Gasteiger partial charge in [-0.05, 0) is 32.3 Å². The molecule has 0 fully saturated rings. The SMILES string of the molecule is CCCCCC=CC(C)=O.CCCCCCCCCCCCCCCC(=O)O. The van der Waals surface area contributed by atoms with E-state index in [4.69, 9.17) is 5.11 Å². The van der Waals surface area contributed by atoms with E-state index in [2.05, 4.69) is 13.8 Å². The second-order valence-corrected chi connectivity index (χ2v) is 7.90. The fraction of sp³-hybridized carbons (Fsp3) is 0.840. The lowest BCUT2D eigenvalue weighted by Gasteiger charge is -2.02. The number of hydrogen-bond donors (Lipinski definition) is 1. The van der Waals surface area contributed by atoms with Crippen LogP contribution in [0.2, 0.25) is 0 Å². The molecule has 0 aromatic rings. The molecular formula is C25H48O3. The van der Waals surface area contributed by atoms with Gasteiger partial charge in [-0.2, -0.15) is 0 Å². The number of unbranched alkanes of at least 4 members (excludes halogenated alkanes) is 15. The maximum atomic E-state index is 10.4. The highest BCUT2D eigenvalue weighted by atomic mass is 16.4. The van der Waals surface area contributed by atoms with Crippen molar-refractivity contribution in [2.45, 2.75) is 136 Å². The number of aliphatic carboxylic acids is 1. The minimum absolute atomic E-state index is 0.150. The summed E-state index contributed by atoms with van der Waals surface area (Å²) in [4.78, 5) is 20.7. The van der Waals surface area contributed by atoms with Gasteiger partial charge in [0.15, 0.2) is 5.78 Å². The molecule has 0 radical (unpaired) electrons. The van der Waals surface area contributed by atoms with Gasteiger partial charge in [-0.25, -0.2) is 0 Å². The molecule has 166 valence electrons. The van der Waals surface area contributed by atoms with Crippen LogP contribution in [0.15, 0.2) is 12.2 Å². The first kappa shape index (κ1) is 29.1. The molecule has 28 heavy (non-hydrogen) atoms. The lowest BCUT2D eigenvalue weighted by molar-refractivity contribution is -0.137. The normalized spacial score (nSPS) is 10.7. The number of ketones is 1. The molecule has 0 atom stereocenters. The highest BCUT2D eigenvalue weighted by Crippen LogP contribution is 2.12. The van der Waals surface area contributed by atoms with Crippen LogP contribution in [0.1, 0.15) is 136 Å². The first-order chi connectivity index (χ1) is 13.5. The van der Waals surface area contributed by atoms with E-state index in [-0.39, 0.29) is 5.78 Å².